The molecule has 0 aromatic heterocycles. The van der Waals surface area contributed by atoms with Crippen molar-refractivity contribution in [3.63, 3.8) is 0 Å². The minimum atomic E-state index is 0.569. The summed E-state index contributed by atoms with van der Waals surface area (Å²) in [5.41, 5.74) is 1.23. The van der Waals surface area contributed by atoms with E-state index in [9.17, 15) is 0 Å². The van der Waals surface area contributed by atoms with Crippen molar-refractivity contribution in [2.45, 2.75) is 26.8 Å². The summed E-state index contributed by atoms with van der Waals surface area (Å²) < 4.78 is 0. The Morgan fingerprint density at radius 1 is 1.55 bits per heavy atom. The minimum Gasteiger partial charge on any atom is -0.375 e. The Morgan fingerprint density at radius 2 is 2.09 bits per heavy atom. The predicted octanol–water partition coefficient (Wildman–Crippen LogP) is 2.59. The lowest BCUT2D eigenvalue weighted by Gasteiger charge is -2.25. The van der Waals surface area contributed by atoms with Gasteiger partial charge in [0.15, 0.2) is 0 Å². The number of thioether (sulfide) groups is 1. The maximum atomic E-state index is 4.02. The zero-order chi connectivity index (χ0) is 8.85. The Labute approximate surface area is 74.9 Å². The largest absolute Gasteiger partial charge is 0.375 e. The Morgan fingerprint density at radius 3 is 2.45 bits per heavy atom. The molecule has 0 radical (unpaired) electrons. The second-order valence-electron chi connectivity index (χ2n) is 2.91. The van der Waals surface area contributed by atoms with E-state index in [1.807, 2.05) is 11.8 Å². The van der Waals surface area contributed by atoms with Crippen LogP contribution in [0.25, 0.3) is 0 Å². The van der Waals surface area contributed by atoms with Gasteiger partial charge in [0.25, 0.3) is 0 Å². The van der Waals surface area contributed by atoms with E-state index in [1.165, 1.54) is 11.4 Å². The van der Waals surface area contributed by atoms with Crippen LogP contribution >= 0.6 is 11.8 Å². The van der Waals surface area contributed by atoms with Gasteiger partial charge in [-0.25, -0.2) is 0 Å². The standard InChI is InChI=1S/C9H19NS/c1-6-11-7-9(4)10(5)8(2)3/h8H,4,6-7H2,1-3,5H3. The molecule has 11 heavy (non-hydrogen) atoms. The third-order valence-electron chi connectivity index (χ3n) is 1.75. The molecular formula is C9H19NS. The van der Waals surface area contributed by atoms with Gasteiger partial charge in [0.2, 0.25) is 0 Å². The van der Waals surface area contributed by atoms with Crippen LogP contribution in [-0.4, -0.2) is 29.5 Å². The molecule has 0 aromatic rings. The van der Waals surface area contributed by atoms with Gasteiger partial charge in [-0.2, -0.15) is 11.8 Å². The van der Waals surface area contributed by atoms with Crippen molar-refractivity contribution < 1.29 is 0 Å². The van der Waals surface area contributed by atoms with Gasteiger partial charge in [0.05, 0.1) is 0 Å². The van der Waals surface area contributed by atoms with Crippen LogP contribution in [-0.2, 0) is 0 Å². The maximum Gasteiger partial charge on any atom is 0.0328 e. The normalized spacial score (nSPS) is 10.3. The van der Waals surface area contributed by atoms with E-state index in [0.29, 0.717) is 6.04 Å². The zero-order valence-corrected chi connectivity index (χ0v) is 8.87. The van der Waals surface area contributed by atoms with E-state index in [2.05, 4.69) is 39.3 Å². The Kier molecular flexibility index (Phi) is 5.47. The van der Waals surface area contributed by atoms with Crippen LogP contribution in [0.2, 0.25) is 0 Å². The van der Waals surface area contributed by atoms with Crippen molar-refractivity contribution in [2.75, 3.05) is 18.6 Å². The second-order valence-corrected chi connectivity index (χ2v) is 4.18. The van der Waals surface area contributed by atoms with Crippen molar-refractivity contribution >= 4 is 11.8 Å². The predicted molar refractivity (Wildman–Crippen MR) is 55.0 cm³/mol. The van der Waals surface area contributed by atoms with Crippen LogP contribution in [0.3, 0.4) is 0 Å². The molecule has 0 bridgehead atoms. The summed E-state index contributed by atoms with van der Waals surface area (Å²) in [5.74, 6) is 2.23. The number of rotatable bonds is 5. The smallest absolute Gasteiger partial charge is 0.0328 e. The van der Waals surface area contributed by atoms with Gasteiger partial charge < -0.3 is 4.90 Å². The van der Waals surface area contributed by atoms with Crippen molar-refractivity contribution in [2.24, 2.45) is 0 Å². The van der Waals surface area contributed by atoms with Crippen molar-refractivity contribution in [1.82, 2.24) is 4.90 Å². The molecule has 0 unspecified atom stereocenters. The quantitative estimate of drug-likeness (QED) is 0.628. The first-order chi connectivity index (χ1) is 5.09. The summed E-state index contributed by atoms with van der Waals surface area (Å²) in [4.78, 5) is 2.22. The number of hydrogen-bond donors (Lipinski definition) is 0. The molecule has 66 valence electrons. The monoisotopic (exact) mass is 173 g/mol. The lowest BCUT2D eigenvalue weighted by atomic mass is 10.3. The van der Waals surface area contributed by atoms with Crippen molar-refractivity contribution in [3.05, 3.63) is 12.3 Å². The highest BCUT2D eigenvalue weighted by molar-refractivity contribution is 7.99. The molecule has 0 saturated carbocycles. The molecule has 0 aliphatic heterocycles. The third kappa shape index (κ3) is 4.35. The van der Waals surface area contributed by atoms with Gasteiger partial charge in [0, 0.05) is 24.5 Å². The summed E-state index contributed by atoms with van der Waals surface area (Å²) in [6.45, 7) is 10.6. The van der Waals surface area contributed by atoms with Crippen LogP contribution in [0.5, 0.6) is 0 Å². The number of nitrogens with zero attached hydrogens (tertiary/aromatic N) is 1. The molecule has 0 aliphatic rings. The summed E-state index contributed by atoms with van der Waals surface area (Å²) in [5, 5.41) is 0. The molecule has 1 nitrogen and oxygen atoms in total. The van der Waals surface area contributed by atoms with E-state index in [-0.39, 0.29) is 0 Å². The zero-order valence-electron chi connectivity index (χ0n) is 8.05. The first-order valence-electron chi connectivity index (χ1n) is 4.08. The van der Waals surface area contributed by atoms with Gasteiger partial charge in [-0.3, -0.25) is 0 Å². The van der Waals surface area contributed by atoms with Crippen molar-refractivity contribution in [3.8, 4) is 0 Å². The molecule has 0 heterocycles. The molecule has 2 heteroatoms. The highest BCUT2D eigenvalue weighted by atomic mass is 32.2. The summed E-state index contributed by atoms with van der Waals surface area (Å²) in [7, 11) is 2.10. The molecule has 0 aliphatic carbocycles. The van der Waals surface area contributed by atoms with Gasteiger partial charge >= 0.3 is 0 Å². The highest BCUT2D eigenvalue weighted by Crippen LogP contribution is 2.10. The molecule has 0 N–H and O–H groups in total. The highest BCUT2D eigenvalue weighted by Gasteiger charge is 2.04. The van der Waals surface area contributed by atoms with E-state index in [4.69, 9.17) is 0 Å². The first-order valence-corrected chi connectivity index (χ1v) is 5.23. The molecular weight excluding hydrogens is 154 g/mol. The molecule has 0 saturated heterocycles. The van der Waals surface area contributed by atoms with Gasteiger partial charge in [-0.05, 0) is 19.6 Å². The second kappa shape index (κ2) is 5.53. The lowest BCUT2D eigenvalue weighted by molar-refractivity contribution is 0.348. The summed E-state index contributed by atoms with van der Waals surface area (Å²) in [6, 6.07) is 0.569. The van der Waals surface area contributed by atoms with E-state index >= 15 is 0 Å². The van der Waals surface area contributed by atoms with Crippen molar-refractivity contribution in [1.29, 1.82) is 0 Å². The van der Waals surface area contributed by atoms with Crippen LogP contribution in [0.15, 0.2) is 12.3 Å². The van der Waals surface area contributed by atoms with Crippen LogP contribution in [0, 0.1) is 0 Å². The molecule has 0 atom stereocenters. The van der Waals surface area contributed by atoms with E-state index in [0.717, 1.165) is 5.75 Å². The molecule has 0 aromatic carbocycles. The lowest BCUT2D eigenvalue weighted by Crippen LogP contribution is -2.26. The van der Waals surface area contributed by atoms with Crippen LogP contribution in [0.1, 0.15) is 20.8 Å². The van der Waals surface area contributed by atoms with E-state index < -0.39 is 0 Å². The first kappa shape index (κ1) is 10.9. The topological polar surface area (TPSA) is 3.24 Å². The fraction of sp³-hybridized carbons (Fsp3) is 0.778. The molecule has 0 rings (SSSR count). The molecule has 0 spiro atoms. The van der Waals surface area contributed by atoms with Crippen LogP contribution < -0.4 is 0 Å². The van der Waals surface area contributed by atoms with E-state index in [1.54, 1.807) is 0 Å². The Balaban J connectivity index is 3.64. The molecule has 0 fully saturated rings. The number of hydrogen-bond acceptors (Lipinski definition) is 2. The SMILES string of the molecule is C=C(CSCC)N(C)C(C)C. The molecule has 0 amide bonds. The van der Waals surface area contributed by atoms with Crippen LogP contribution in [0.4, 0.5) is 0 Å². The third-order valence-corrected chi connectivity index (χ3v) is 2.69. The Hall–Kier alpha value is -0.110. The average molecular weight is 173 g/mol. The van der Waals surface area contributed by atoms with Gasteiger partial charge in [-0.15, -0.1) is 0 Å². The van der Waals surface area contributed by atoms with Gasteiger partial charge in [-0.1, -0.05) is 13.5 Å². The summed E-state index contributed by atoms with van der Waals surface area (Å²) in [6.07, 6.45) is 0. The summed E-state index contributed by atoms with van der Waals surface area (Å²) >= 11 is 1.92. The van der Waals surface area contributed by atoms with Gasteiger partial charge in [0.1, 0.15) is 0 Å². The fourth-order valence-electron chi connectivity index (χ4n) is 0.687. The maximum absolute atomic E-state index is 4.02. The minimum absolute atomic E-state index is 0.569. The fourth-order valence-corrected chi connectivity index (χ4v) is 1.33. The Bertz CT molecular complexity index is 121. The average Bonchev–Trinajstić information content (AvgIpc) is 1.98.